The average molecular weight is 462 g/mol. The molecule has 2 aliphatic rings. The Hall–Kier alpha value is -3.06. The summed E-state index contributed by atoms with van der Waals surface area (Å²) in [4.78, 5) is 27.1. The highest BCUT2D eigenvalue weighted by molar-refractivity contribution is 6.07. The number of piperidine rings is 1. The van der Waals surface area contributed by atoms with E-state index in [4.69, 9.17) is 4.99 Å². The van der Waals surface area contributed by atoms with Crippen LogP contribution >= 0.6 is 0 Å². The van der Waals surface area contributed by atoms with Crippen molar-refractivity contribution in [3.8, 4) is 0 Å². The van der Waals surface area contributed by atoms with Crippen LogP contribution in [0.1, 0.15) is 51.1 Å². The fourth-order valence-electron chi connectivity index (χ4n) is 5.51. The fraction of sp³-hybridized carbons (Fsp3) is 0.444. The minimum Gasteiger partial charge on any atom is -0.327 e. The number of rotatable bonds is 7. The van der Waals surface area contributed by atoms with Crippen molar-refractivity contribution in [2.45, 2.75) is 51.1 Å². The Labute approximate surface area is 200 Å². The van der Waals surface area contributed by atoms with Crippen molar-refractivity contribution in [1.82, 2.24) is 19.4 Å². The number of carbonyl (C=O) groups is 1. The second kappa shape index (κ2) is 9.29. The molecular weight excluding hydrogens is 429 g/mol. The Bertz CT molecular complexity index is 1200. The van der Waals surface area contributed by atoms with Crippen molar-refractivity contribution >= 4 is 22.8 Å². The van der Waals surface area contributed by atoms with E-state index in [2.05, 4.69) is 32.7 Å². The molecule has 0 spiro atoms. The van der Waals surface area contributed by atoms with E-state index in [0.29, 0.717) is 19.0 Å². The zero-order chi connectivity index (χ0) is 23.7. The van der Waals surface area contributed by atoms with Gasteiger partial charge in [-0.2, -0.15) is 0 Å². The molecule has 1 fully saturated rings. The summed E-state index contributed by atoms with van der Waals surface area (Å²) in [7, 11) is 0. The summed E-state index contributed by atoms with van der Waals surface area (Å²) in [6.07, 6.45) is 5.65. The molecule has 0 bridgehead atoms. The molecule has 0 radical (unpaired) electrons. The van der Waals surface area contributed by atoms with Crippen molar-refractivity contribution in [2.24, 2.45) is 4.99 Å². The van der Waals surface area contributed by atoms with Crippen LogP contribution in [-0.4, -0.2) is 57.3 Å². The molecule has 3 aromatic rings. The van der Waals surface area contributed by atoms with Crippen LogP contribution in [0.3, 0.4) is 0 Å². The predicted molar refractivity (Wildman–Crippen MR) is 132 cm³/mol. The normalized spacial score (nSPS) is 22.0. The third-order valence-corrected chi connectivity index (χ3v) is 7.46. The second-order valence-electron chi connectivity index (χ2n) is 9.40. The molecule has 2 aliphatic heterocycles. The van der Waals surface area contributed by atoms with E-state index in [1.54, 1.807) is 12.1 Å². The van der Waals surface area contributed by atoms with Gasteiger partial charge in [0.15, 0.2) is 5.54 Å². The third kappa shape index (κ3) is 4.02. The van der Waals surface area contributed by atoms with Crippen molar-refractivity contribution in [1.29, 1.82) is 0 Å². The third-order valence-electron chi connectivity index (χ3n) is 7.46. The van der Waals surface area contributed by atoms with E-state index in [0.717, 1.165) is 55.8 Å². The number of benzene rings is 2. The average Bonchev–Trinajstić information content (AvgIpc) is 3.40. The summed E-state index contributed by atoms with van der Waals surface area (Å²) < 4.78 is 15.8. The highest BCUT2D eigenvalue weighted by atomic mass is 19.1. The number of hydrogen-bond donors (Lipinski definition) is 0. The first-order chi connectivity index (χ1) is 16.5. The maximum absolute atomic E-state index is 13.4. The van der Waals surface area contributed by atoms with Crippen LogP contribution in [0.2, 0.25) is 0 Å². The van der Waals surface area contributed by atoms with Crippen molar-refractivity contribution in [3.05, 3.63) is 66.2 Å². The Morgan fingerprint density at radius 1 is 1.06 bits per heavy atom. The second-order valence-corrected chi connectivity index (χ2v) is 9.40. The lowest BCUT2D eigenvalue weighted by molar-refractivity contribution is -0.131. The van der Waals surface area contributed by atoms with Gasteiger partial charge in [-0.05, 0) is 69.0 Å². The van der Waals surface area contributed by atoms with Gasteiger partial charge in [0.05, 0.1) is 17.4 Å². The number of para-hydroxylation sites is 2. The van der Waals surface area contributed by atoms with E-state index in [9.17, 15) is 9.18 Å². The molecule has 178 valence electrons. The molecule has 34 heavy (non-hydrogen) atoms. The number of aliphatic imine (C=N–C) groups is 1. The Morgan fingerprint density at radius 2 is 1.79 bits per heavy atom. The van der Waals surface area contributed by atoms with Crippen LogP contribution < -0.4 is 0 Å². The molecular formula is C27H32FN5O. The van der Waals surface area contributed by atoms with Crippen LogP contribution in [-0.2, 0) is 10.3 Å². The van der Waals surface area contributed by atoms with Crippen LogP contribution in [0.5, 0.6) is 0 Å². The maximum Gasteiger partial charge on any atom is 0.260 e. The highest BCUT2D eigenvalue weighted by Gasteiger charge is 2.46. The number of amidine groups is 1. The Morgan fingerprint density at radius 3 is 2.53 bits per heavy atom. The predicted octanol–water partition coefficient (Wildman–Crippen LogP) is 4.77. The topological polar surface area (TPSA) is 53.7 Å². The first-order valence-electron chi connectivity index (χ1n) is 12.3. The Kier molecular flexibility index (Phi) is 6.21. The van der Waals surface area contributed by atoms with Gasteiger partial charge in [0.2, 0.25) is 0 Å². The van der Waals surface area contributed by atoms with Gasteiger partial charge >= 0.3 is 0 Å². The number of carbonyl (C=O) groups excluding carboxylic acids is 1. The maximum atomic E-state index is 13.4. The van der Waals surface area contributed by atoms with E-state index in [1.807, 2.05) is 31.1 Å². The van der Waals surface area contributed by atoms with Gasteiger partial charge in [-0.3, -0.25) is 14.7 Å². The SMILES string of the molecule is CC[C@]1(c2ccc(F)cc2)N=C(C)N(CCCN2CCC(n3cnc4ccccc43)CC2)C1=O. The standard InChI is InChI=1S/C27H32FN5O/c1-3-27(21-9-11-22(28)12-10-21)26(34)32(20(2)30-27)16-6-15-31-17-13-23(14-18-31)33-19-29-24-7-4-5-8-25(24)33/h4-5,7-12,19,23H,3,6,13-18H2,1-2H3/t27-/m1/s1. The first-order valence-corrected chi connectivity index (χ1v) is 12.3. The van der Waals surface area contributed by atoms with Gasteiger partial charge < -0.3 is 9.47 Å². The van der Waals surface area contributed by atoms with Crippen LogP contribution in [0, 0.1) is 5.82 Å². The molecule has 1 aromatic heterocycles. The lowest BCUT2D eigenvalue weighted by atomic mass is 9.87. The molecule has 5 rings (SSSR count). The van der Waals surface area contributed by atoms with Gasteiger partial charge in [0, 0.05) is 25.7 Å². The monoisotopic (exact) mass is 461 g/mol. The summed E-state index contributed by atoms with van der Waals surface area (Å²) in [6.45, 7) is 7.58. The number of aromatic nitrogens is 2. The van der Waals surface area contributed by atoms with Gasteiger partial charge in [0.25, 0.3) is 5.91 Å². The number of amides is 1. The number of halogens is 1. The lowest BCUT2D eigenvalue weighted by Gasteiger charge is -2.33. The van der Waals surface area contributed by atoms with Gasteiger partial charge in [0.1, 0.15) is 11.7 Å². The van der Waals surface area contributed by atoms with Crippen LogP contribution in [0.15, 0.2) is 59.9 Å². The molecule has 1 saturated heterocycles. The lowest BCUT2D eigenvalue weighted by Crippen LogP contribution is -2.42. The van der Waals surface area contributed by atoms with E-state index in [-0.39, 0.29) is 11.7 Å². The summed E-state index contributed by atoms with van der Waals surface area (Å²) in [5.74, 6) is 0.453. The minimum atomic E-state index is -0.927. The smallest absolute Gasteiger partial charge is 0.260 e. The molecule has 0 N–H and O–H groups in total. The summed E-state index contributed by atoms with van der Waals surface area (Å²) in [6, 6.07) is 15.0. The van der Waals surface area contributed by atoms with Gasteiger partial charge in [-0.15, -0.1) is 0 Å². The molecule has 2 aromatic carbocycles. The number of nitrogens with zero attached hydrogens (tertiary/aromatic N) is 5. The minimum absolute atomic E-state index is 0.00445. The number of likely N-dealkylation sites (tertiary alicyclic amines) is 1. The van der Waals surface area contributed by atoms with Crippen LogP contribution in [0.4, 0.5) is 4.39 Å². The van der Waals surface area contributed by atoms with E-state index in [1.165, 1.54) is 17.6 Å². The first kappa shape index (κ1) is 22.7. The fourth-order valence-corrected chi connectivity index (χ4v) is 5.51. The number of hydrogen-bond acceptors (Lipinski definition) is 4. The molecule has 0 aliphatic carbocycles. The largest absolute Gasteiger partial charge is 0.327 e. The summed E-state index contributed by atoms with van der Waals surface area (Å²) in [5.41, 5.74) is 2.10. The Balaban J connectivity index is 1.16. The zero-order valence-corrected chi connectivity index (χ0v) is 20.0. The summed E-state index contributed by atoms with van der Waals surface area (Å²) in [5, 5.41) is 0. The molecule has 1 amide bonds. The molecule has 0 saturated carbocycles. The van der Waals surface area contributed by atoms with Crippen molar-refractivity contribution in [2.75, 3.05) is 26.2 Å². The van der Waals surface area contributed by atoms with Gasteiger partial charge in [-0.1, -0.05) is 31.2 Å². The van der Waals surface area contributed by atoms with Gasteiger partial charge in [-0.25, -0.2) is 9.37 Å². The zero-order valence-electron chi connectivity index (χ0n) is 20.0. The molecule has 3 heterocycles. The number of imidazole rings is 1. The van der Waals surface area contributed by atoms with Crippen molar-refractivity contribution < 1.29 is 9.18 Å². The number of fused-ring (bicyclic) bond motifs is 1. The van der Waals surface area contributed by atoms with E-state index >= 15 is 0 Å². The molecule has 0 unspecified atom stereocenters. The molecule has 1 atom stereocenters. The summed E-state index contributed by atoms with van der Waals surface area (Å²) >= 11 is 0. The van der Waals surface area contributed by atoms with E-state index < -0.39 is 5.54 Å². The van der Waals surface area contributed by atoms with Crippen LogP contribution in [0.25, 0.3) is 11.0 Å². The highest BCUT2D eigenvalue weighted by Crippen LogP contribution is 2.37. The molecule has 7 heteroatoms. The quantitative estimate of drug-likeness (QED) is 0.509. The molecule has 6 nitrogen and oxygen atoms in total. The van der Waals surface area contributed by atoms with Crippen molar-refractivity contribution in [3.63, 3.8) is 0 Å².